The van der Waals surface area contributed by atoms with Crippen molar-refractivity contribution in [2.24, 2.45) is 5.92 Å². The van der Waals surface area contributed by atoms with Crippen molar-refractivity contribution in [1.29, 1.82) is 0 Å². The van der Waals surface area contributed by atoms with Crippen LogP contribution < -0.4 is 5.32 Å². The molecule has 0 atom stereocenters. The van der Waals surface area contributed by atoms with Crippen molar-refractivity contribution in [3.05, 3.63) is 0 Å². The fourth-order valence-corrected chi connectivity index (χ4v) is 4.55. The van der Waals surface area contributed by atoms with E-state index in [9.17, 15) is 8.42 Å². The molecule has 2 aliphatic rings. The van der Waals surface area contributed by atoms with Gasteiger partial charge in [-0.05, 0) is 44.6 Å². The molecule has 1 N–H and O–H groups in total. The van der Waals surface area contributed by atoms with Gasteiger partial charge >= 0.3 is 0 Å². The molecule has 1 saturated heterocycles. The van der Waals surface area contributed by atoms with Gasteiger partial charge in [-0.15, -0.1) is 0 Å². The number of rotatable bonds is 8. The molecule has 1 aliphatic carbocycles. The molecule has 5 nitrogen and oxygen atoms in total. The molecule has 2 fully saturated rings. The molecule has 0 bridgehead atoms. The zero-order valence-corrected chi connectivity index (χ0v) is 13.7. The lowest BCUT2D eigenvalue weighted by Gasteiger charge is -2.34. The summed E-state index contributed by atoms with van der Waals surface area (Å²) in [5.41, 5.74) is 0. The van der Waals surface area contributed by atoms with Crippen molar-refractivity contribution in [2.45, 2.75) is 52.0 Å². The molecule has 0 radical (unpaired) electrons. The highest BCUT2D eigenvalue weighted by Crippen LogP contribution is 2.23. The van der Waals surface area contributed by atoms with Crippen LogP contribution in [-0.2, 0) is 10.2 Å². The Kier molecular flexibility index (Phi) is 5.84. The minimum absolute atomic E-state index is 0.569. The Balaban J connectivity index is 1.81. The maximum atomic E-state index is 12.5. The summed E-state index contributed by atoms with van der Waals surface area (Å²) < 4.78 is 28.3. The molecule has 0 aromatic rings. The van der Waals surface area contributed by atoms with Gasteiger partial charge in [-0.2, -0.15) is 17.0 Å². The van der Waals surface area contributed by atoms with Gasteiger partial charge in [0.1, 0.15) is 0 Å². The van der Waals surface area contributed by atoms with Crippen LogP contribution in [0.15, 0.2) is 0 Å². The molecule has 6 heteroatoms. The van der Waals surface area contributed by atoms with E-state index in [2.05, 4.69) is 5.32 Å². The molecular formula is C14H29N3O2S. The van der Waals surface area contributed by atoms with Gasteiger partial charge < -0.3 is 5.32 Å². The normalized spacial score (nSPS) is 22.6. The standard InChI is InChI=1S/C14H29N3O2S/c1-3-9-16(4-2)20(18,19)17-10-7-13(8-11-17)12-15-14-5-6-14/h13-15H,3-12H2,1-2H3. The number of nitrogens with zero attached hydrogens (tertiary/aromatic N) is 2. The molecule has 1 aliphatic heterocycles. The maximum absolute atomic E-state index is 12.5. The van der Waals surface area contributed by atoms with Crippen LogP contribution in [-0.4, -0.2) is 55.8 Å². The zero-order valence-electron chi connectivity index (χ0n) is 12.8. The first-order valence-corrected chi connectivity index (χ1v) is 9.46. The van der Waals surface area contributed by atoms with Gasteiger partial charge in [0, 0.05) is 32.2 Å². The van der Waals surface area contributed by atoms with Crippen molar-refractivity contribution in [2.75, 3.05) is 32.7 Å². The van der Waals surface area contributed by atoms with E-state index in [1.807, 2.05) is 13.8 Å². The number of piperidine rings is 1. The molecule has 1 saturated carbocycles. The number of nitrogens with one attached hydrogen (secondary N) is 1. The number of hydrogen-bond acceptors (Lipinski definition) is 3. The molecule has 1 heterocycles. The van der Waals surface area contributed by atoms with Gasteiger partial charge in [0.15, 0.2) is 0 Å². The van der Waals surface area contributed by atoms with Gasteiger partial charge in [-0.1, -0.05) is 13.8 Å². The smallest absolute Gasteiger partial charge is 0.281 e. The first kappa shape index (κ1) is 16.2. The number of hydrogen-bond donors (Lipinski definition) is 1. The molecule has 0 aromatic heterocycles. The van der Waals surface area contributed by atoms with Crippen LogP contribution in [0.2, 0.25) is 0 Å². The topological polar surface area (TPSA) is 52.7 Å². The summed E-state index contributed by atoms with van der Waals surface area (Å²) in [5.74, 6) is 0.642. The second kappa shape index (κ2) is 7.20. The largest absolute Gasteiger partial charge is 0.314 e. The average molecular weight is 303 g/mol. The molecular weight excluding hydrogens is 274 g/mol. The first-order chi connectivity index (χ1) is 9.57. The third-order valence-electron chi connectivity index (χ3n) is 4.32. The van der Waals surface area contributed by atoms with E-state index in [4.69, 9.17) is 0 Å². The van der Waals surface area contributed by atoms with E-state index in [-0.39, 0.29) is 0 Å². The van der Waals surface area contributed by atoms with Crippen molar-refractivity contribution in [1.82, 2.24) is 13.9 Å². The van der Waals surface area contributed by atoms with Crippen LogP contribution >= 0.6 is 0 Å². The Bertz CT molecular complexity index is 387. The average Bonchev–Trinajstić information content (AvgIpc) is 3.27. The molecule has 118 valence electrons. The monoisotopic (exact) mass is 303 g/mol. The van der Waals surface area contributed by atoms with Crippen LogP contribution in [0, 0.1) is 5.92 Å². The summed E-state index contributed by atoms with van der Waals surface area (Å²) in [6.07, 6.45) is 5.48. The van der Waals surface area contributed by atoms with Crippen molar-refractivity contribution in [3.63, 3.8) is 0 Å². The lowest BCUT2D eigenvalue weighted by molar-refractivity contribution is 0.249. The lowest BCUT2D eigenvalue weighted by atomic mass is 9.98. The fourth-order valence-electron chi connectivity index (χ4n) is 2.81. The Morgan fingerprint density at radius 2 is 1.80 bits per heavy atom. The van der Waals surface area contributed by atoms with E-state index >= 15 is 0 Å². The van der Waals surface area contributed by atoms with Crippen LogP contribution in [0.3, 0.4) is 0 Å². The Hall–Kier alpha value is -0.170. The van der Waals surface area contributed by atoms with Crippen molar-refractivity contribution >= 4 is 10.2 Å². The zero-order chi connectivity index (χ0) is 14.6. The molecule has 0 aromatic carbocycles. The predicted octanol–water partition coefficient (Wildman–Crippen LogP) is 1.43. The Morgan fingerprint density at radius 3 is 2.30 bits per heavy atom. The van der Waals surface area contributed by atoms with Gasteiger partial charge in [0.2, 0.25) is 0 Å². The van der Waals surface area contributed by atoms with Gasteiger partial charge in [-0.3, -0.25) is 0 Å². The van der Waals surface area contributed by atoms with Crippen molar-refractivity contribution in [3.8, 4) is 0 Å². The van der Waals surface area contributed by atoms with E-state index in [0.717, 1.165) is 31.8 Å². The fraction of sp³-hybridized carbons (Fsp3) is 1.00. The van der Waals surface area contributed by atoms with Crippen LogP contribution in [0.1, 0.15) is 46.0 Å². The second-order valence-corrected chi connectivity index (χ2v) is 7.95. The van der Waals surface area contributed by atoms with Crippen molar-refractivity contribution < 1.29 is 8.42 Å². The van der Waals surface area contributed by atoms with E-state index in [1.54, 1.807) is 8.61 Å². The molecule has 0 unspecified atom stereocenters. The van der Waals surface area contributed by atoms with Crippen LogP contribution in [0.5, 0.6) is 0 Å². The first-order valence-electron chi connectivity index (χ1n) is 8.06. The molecule has 0 amide bonds. The van der Waals surface area contributed by atoms with Gasteiger partial charge in [-0.25, -0.2) is 0 Å². The maximum Gasteiger partial charge on any atom is 0.281 e. The highest BCUT2D eigenvalue weighted by Gasteiger charge is 2.32. The van der Waals surface area contributed by atoms with Gasteiger partial charge in [0.05, 0.1) is 0 Å². The summed E-state index contributed by atoms with van der Waals surface area (Å²) in [5, 5.41) is 3.56. The quantitative estimate of drug-likeness (QED) is 0.738. The summed E-state index contributed by atoms with van der Waals surface area (Å²) >= 11 is 0. The van der Waals surface area contributed by atoms with E-state index in [0.29, 0.717) is 32.1 Å². The van der Waals surface area contributed by atoms with Gasteiger partial charge in [0.25, 0.3) is 10.2 Å². The van der Waals surface area contributed by atoms with Crippen LogP contribution in [0.4, 0.5) is 0 Å². The van der Waals surface area contributed by atoms with Crippen LogP contribution in [0.25, 0.3) is 0 Å². The SMILES string of the molecule is CCCN(CC)S(=O)(=O)N1CCC(CNC2CC2)CC1. The minimum atomic E-state index is -3.23. The Labute approximate surface area is 123 Å². The van der Waals surface area contributed by atoms with E-state index < -0.39 is 10.2 Å². The molecule has 2 rings (SSSR count). The Morgan fingerprint density at radius 1 is 1.15 bits per heavy atom. The third-order valence-corrected chi connectivity index (χ3v) is 6.44. The summed E-state index contributed by atoms with van der Waals surface area (Å²) in [7, 11) is -3.23. The highest BCUT2D eigenvalue weighted by atomic mass is 32.2. The summed E-state index contributed by atoms with van der Waals surface area (Å²) in [6, 6.07) is 0.747. The summed E-state index contributed by atoms with van der Waals surface area (Å²) in [4.78, 5) is 0. The second-order valence-electron chi connectivity index (χ2n) is 6.02. The summed E-state index contributed by atoms with van der Waals surface area (Å²) in [6.45, 7) is 7.55. The predicted molar refractivity (Wildman–Crippen MR) is 81.8 cm³/mol. The molecule has 0 spiro atoms. The molecule has 20 heavy (non-hydrogen) atoms. The third kappa shape index (κ3) is 4.16. The minimum Gasteiger partial charge on any atom is -0.314 e. The highest BCUT2D eigenvalue weighted by molar-refractivity contribution is 7.86. The van der Waals surface area contributed by atoms with E-state index in [1.165, 1.54) is 12.8 Å². The lowest BCUT2D eigenvalue weighted by Crippen LogP contribution is -2.48.